The van der Waals surface area contributed by atoms with E-state index in [0.29, 0.717) is 5.02 Å². The predicted molar refractivity (Wildman–Crippen MR) is 82.3 cm³/mol. The van der Waals surface area contributed by atoms with Gasteiger partial charge in [-0.25, -0.2) is 13.4 Å². The SMILES string of the molecule is Cc1cc(Cl)ccc1/N=C/N(C)SN(C)S(C)(=O)=O. The maximum atomic E-state index is 11.3. The molecule has 0 N–H and O–H groups in total. The first-order chi connectivity index (χ1) is 8.70. The molecule has 0 fully saturated rings. The first-order valence-corrected chi connectivity index (χ1v) is 8.31. The number of aliphatic imine (C=N–C) groups is 1. The Kier molecular flexibility index (Phi) is 5.66. The quantitative estimate of drug-likeness (QED) is 0.475. The second kappa shape index (κ2) is 6.60. The minimum Gasteiger partial charge on any atom is -0.296 e. The van der Waals surface area contributed by atoms with Gasteiger partial charge in [-0.15, -0.1) is 3.71 Å². The van der Waals surface area contributed by atoms with Crippen molar-refractivity contribution >= 4 is 45.8 Å². The molecule has 0 heterocycles. The molecule has 0 atom stereocenters. The van der Waals surface area contributed by atoms with E-state index in [1.54, 1.807) is 23.8 Å². The molecule has 0 saturated carbocycles. The molecule has 0 bridgehead atoms. The molecular weight excluding hydrogens is 306 g/mol. The van der Waals surface area contributed by atoms with Gasteiger partial charge in [-0.1, -0.05) is 11.6 Å². The molecule has 8 heteroatoms. The van der Waals surface area contributed by atoms with Gasteiger partial charge in [0.25, 0.3) is 0 Å². The van der Waals surface area contributed by atoms with Crippen molar-refractivity contribution in [1.29, 1.82) is 0 Å². The third-order valence-corrected chi connectivity index (χ3v) is 4.99. The standard InChI is InChI=1S/C11H16ClN3O2S2/c1-9-7-10(12)5-6-11(9)13-8-14(2)18-15(3)19(4,16)17/h5-8H,1-4H3/b13-8+. The van der Waals surface area contributed by atoms with Gasteiger partial charge in [-0.3, -0.25) is 4.31 Å². The molecule has 0 aliphatic carbocycles. The molecule has 0 aromatic heterocycles. The van der Waals surface area contributed by atoms with Crippen LogP contribution in [0.1, 0.15) is 5.56 Å². The Morgan fingerprint density at radius 1 is 1.37 bits per heavy atom. The third kappa shape index (κ3) is 5.40. The monoisotopic (exact) mass is 321 g/mol. The third-order valence-electron chi connectivity index (χ3n) is 2.23. The molecule has 0 radical (unpaired) electrons. The molecule has 1 aromatic carbocycles. The Morgan fingerprint density at radius 2 is 2.00 bits per heavy atom. The number of aryl methyl sites for hydroxylation is 1. The lowest BCUT2D eigenvalue weighted by Gasteiger charge is -2.18. The molecule has 1 rings (SSSR count). The number of hydrogen-bond acceptors (Lipinski definition) is 4. The van der Waals surface area contributed by atoms with Crippen molar-refractivity contribution in [3.8, 4) is 0 Å². The summed E-state index contributed by atoms with van der Waals surface area (Å²) in [6.45, 7) is 1.91. The summed E-state index contributed by atoms with van der Waals surface area (Å²) in [5.41, 5.74) is 1.75. The summed E-state index contributed by atoms with van der Waals surface area (Å²) >= 11 is 6.90. The van der Waals surface area contributed by atoms with Gasteiger partial charge in [-0.2, -0.15) is 0 Å². The molecular formula is C11H16ClN3O2S2. The van der Waals surface area contributed by atoms with Gasteiger partial charge in [0.05, 0.1) is 24.1 Å². The average molecular weight is 322 g/mol. The summed E-state index contributed by atoms with van der Waals surface area (Å²) in [5, 5.41) is 0.663. The highest BCUT2D eigenvalue weighted by Gasteiger charge is 2.13. The van der Waals surface area contributed by atoms with E-state index in [2.05, 4.69) is 4.99 Å². The highest BCUT2D eigenvalue weighted by molar-refractivity contribution is 8.07. The highest BCUT2D eigenvalue weighted by Crippen LogP contribution is 2.22. The molecule has 0 unspecified atom stereocenters. The van der Waals surface area contributed by atoms with Crippen molar-refractivity contribution in [2.24, 2.45) is 4.99 Å². The first-order valence-electron chi connectivity index (χ1n) is 5.35. The minimum atomic E-state index is -3.22. The highest BCUT2D eigenvalue weighted by atomic mass is 35.5. The minimum absolute atomic E-state index is 0.663. The van der Waals surface area contributed by atoms with Gasteiger partial charge in [-0.05, 0) is 30.7 Å². The topological polar surface area (TPSA) is 53.0 Å². The normalized spacial score (nSPS) is 12.3. The molecule has 0 saturated heterocycles. The smallest absolute Gasteiger partial charge is 0.221 e. The number of benzene rings is 1. The van der Waals surface area contributed by atoms with E-state index in [4.69, 9.17) is 11.6 Å². The molecule has 0 aliphatic rings. The molecule has 0 aliphatic heterocycles. The van der Waals surface area contributed by atoms with E-state index in [1.165, 1.54) is 7.05 Å². The average Bonchev–Trinajstić information content (AvgIpc) is 2.26. The molecule has 0 spiro atoms. The van der Waals surface area contributed by atoms with E-state index in [9.17, 15) is 8.42 Å². The van der Waals surface area contributed by atoms with Crippen molar-refractivity contribution in [2.45, 2.75) is 6.92 Å². The van der Waals surface area contributed by atoms with Crippen LogP contribution in [0.3, 0.4) is 0 Å². The van der Waals surface area contributed by atoms with E-state index in [-0.39, 0.29) is 0 Å². The van der Waals surface area contributed by atoms with Crippen molar-refractivity contribution in [3.05, 3.63) is 28.8 Å². The number of hydrogen-bond donors (Lipinski definition) is 0. The molecule has 1 aromatic rings. The van der Waals surface area contributed by atoms with Gasteiger partial charge in [0.2, 0.25) is 10.0 Å². The van der Waals surface area contributed by atoms with Crippen LogP contribution in [0, 0.1) is 6.92 Å². The van der Waals surface area contributed by atoms with Crippen LogP contribution in [0.2, 0.25) is 5.02 Å². The molecule has 106 valence electrons. The number of halogens is 1. The lowest BCUT2D eigenvalue weighted by Crippen LogP contribution is -2.23. The Labute approximate surface area is 123 Å². The van der Waals surface area contributed by atoms with E-state index in [0.717, 1.165) is 33.4 Å². The zero-order valence-corrected chi connectivity index (χ0v) is 13.6. The van der Waals surface area contributed by atoms with E-state index < -0.39 is 10.0 Å². The zero-order valence-electron chi connectivity index (χ0n) is 11.2. The zero-order chi connectivity index (χ0) is 14.6. The largest absolute Gasteiger partial charge is 0.296 e. The summed E-state index contributed by atoms with van der Waals surface area (Å²) < 4.78 is 25.3. The number of rotatable bonds is 5. The maximum Gasteiger partial charge on any atom is 0.221 e. The summed E-state index contributed by atoms with van der Waals surface area (Å²) in [4.78, 5) is 4.28. The Hall–Kier alpha value is -0.760. The van der Waals surface area contributed by atoms with Crippen molar-refractivity contribution < 1.29 is 8.42 Å². The fraction of sp³-hybridized carbons (Fsp3) is 0.364. The van der Waals surface area contributed by atoms with Crippen molar-refractivity contribution in [1.82, 2.24) is 8.02 Å². The summed E-state index contributed by atoms with van der Waals surface area (Å²) in [5.74, 6) is 0. The summed E-state index contributed by atoms with van der Waals surface area (Å²) in [6, 6.07) is 5.40. The lowest BCUT2D eigenvalue weighted by molar-refractivity contribution is 0.568. The van der Waals surface area contributed by atoms with Crippen LogP contribution < -0.4 is 0 Å². The van der Waals surface area contributed by atoms with Gasteiger partial charge >= 0.3 is 0 Å². The first kappa shape index (κ1) is 16.3. The van der Waals surface area contributed by atoms with Crippen molar-refractivity contribution in [3.63, 3.8) is 0 Å². The lowest BCUT2D eigenvalue weighted by atomic mass is 10.2. The second-order valence-electron chi connectivity index (χ2n) is 3.98. The van der Waals surface area contributed by atoms with Gasteiger partial charge < -0.3 is 0 Å². The summed E-state index contributed by atoms with van der Waals surface area (Å²) in [6.07, 6.45) is 2.71. The van der Waals surface area contributed by atoms with Gasteiger partial charge in [0.15, 0.2) is 0 Å². The van der Waals surface area contributed by atoms with E-state index in [1.807, 2.05) is 19.1 Å². The van der Waals surface area contributed by atoms with E-state index >= 15 is 0 Å². The molecule has 19 heavy (non-hydrogen) atoms. The Bertz CT molecular complexity index is 575. The van der Waals surface area contributed by atoms with Crippen LogP contribution in [0.5, 0.6) is 0 Å². The van der Waals surface area contributed by atoms with Crippen molar-refractivity contribution in [2.75, 3.05) is 20.4 Å². The number of sulfonamides is 1. The fourth-order valence-corrected chi connectivity index (χ4v) is 2.65. The van der Waals surface area contributed by atoms with Crippen LogP contribution in [-0.4, -0.2) is 43.1 Å². The molecule has 0 amide bonds. The van der Waals surface area contributed by atoms with Crippen LogP contribution in [0.25, 0.3) is 0 Å². The maximum absolute atomic E-state index is 11.3. The Balaban J connectivity index is 2.71. The van der Waals surface area contributed by atoms with Crippen LogP contribution in [-0.2, 0) is 10.0 Å². The van der Waals surface area contributed by atoms with Crippen LogP contribution >= 0.6 is 23.7 Å². The Morgan fingerprint density at radius 3 is 2.53 bits per heavy atom. The second-order valence-corrected chi connectivity index (χ2v) is 7.94. The predicted octanol–water partition coefficient (Wildman–Crippen LogP) is 2.69. The number of nitrogens with zero attached hydrogens (tertiary/aromatic N) is 3. The van der Waals surface area contributed by atoms with Gasteiger partial charge in [0, 0.05) is 19.1 Å². The van der Waals surface area contributed by atoms with Crippen LogP contribution in [0.4, 0.5) is 5.69 Å². The van der Waals surface area contributed by atoms with Gasteiger partial charge in [0.1, 0.15) is 6.34 Å². The van der Waals surface area contributed by atoms with Crippen LogP contribution in [0.15, 0.2) is 23.2 Å². The fourth-order valence-electron chi connectivity index (χ4n) is 1.17. The molecule has 5 nitrogen and oxygen atoms in total. The summed E-state index contributed by atoms with van der Waals surface area (Å²) in [7, 11) is -0.0118.